The van der Waals surface area contributed by atoms with Crippen LogP contribution in [0.2, 0.25) is 10.0 Å². The molecule has 15 heavy (non-hydrogen) atoms. The monoisotopic (exact) mass is 251 g/mol. The minimum Gasteiger partial charge on any atom is -0.479 e. The summed E-state index contributed by atoms with van der Waals surface area (Å²) in [7, 11) is 0. The van der Waals surface area contributed by atoms with Gasteiger partial charge in [0.25, 0.3) is 0 Å². The molecule has 0 aliphatic heterocycles. The standard InChI is InChI=1S/C8H7Cl2NO4/c9-3-1-11-2-4(10)5(3)6(12)7(13)8(14)15/h1-2,6-7,12-13H,(H,14,15). The van der Waals surface area contributed by atoms with Gasteiger partial charge in [-0.25, -0.2) is 4.79 Å². The Kier molecular flexibility index (Phi) is 3.87. The molecule has 0 saturated heterocycles. The lowest BCUT2D eigenvalue weighted by molar-refractivity contribution is -0.153. The van der Waals surface area contributed by atoms with Crippen molar-refractivity contribution in [3.05, 3.63) is 28.0 Å². The van der Waals surface area contributed by atoms with Gasteiger partial charge in [-0.3, -0.25) is 4.98 Å². The van der Waals surface area contributed by atoms with Gasteiger partial charge in [0.05, 0.1) is 10.0 Å². The van der Waals surface area contributed by atoms with Gasteiger partial charge in [-0.05, 0) is 0 Å². The molecule has 0 aliphatic carbocycles. The molecule has 0 spiro atoms. The second-order valence-electron chi connectivity index (χ2n) is 2.74. The number of aliphatic hydroxyl groups is 2. The van der Waals surface area contributed by atoms with Crippen LogP contribution in [0.3, 0.4) is 0 Å². The summed E-state index contributed by atoms with van der Waals surface area (Å²) in [6.07, 6.45) is -1.28. The highest BCUT2D eigenvalue weighted by Gasteiger charge is 2.28. The average molecular weight is 252 g/mol. The van der Waals surface area contributed by atoms with Crippen molar-refractivity contribution < 1.29 is 20.1 Å². The van der Waals surface area contributed by atoms with Crippen LogP contribution in [0.4, 0.5) is 0 Å². The average Bonchev–Trinajstić information content (AvgIpc) is 2.15. The number of pyridine rings is 1. The lowest BCUT2D eigenvalue weighted by atomic mass is 10.1. The van der Waals surface area contributed by atoms with Crippen molar-refractivity contribution >= 4 is 29.2 Å². The number of hydrogen-bond donors (Lipinski definition) is 3. The van der Waals surface area contributed by atoms with Crippen LogP contribution >= 0.6 is 23.2 Å². The topological polar surface area (TPSA) is 90.7 Å². The van der Waals surface area contributed by atoms with Gasteiger partial charge in [-0.1, -0.05) is 23.2 Å². The minimum absolute atomic E-state index is 0.00435. The summed E-state index contributed by atoms with van der Waals surface area (Å²) in [5.74, 6) is -1.56. The van der Waals surface area contributed by atoms with Crippen molar-refractivity contribution in [3.8, 4) is 0 Å². The molecule has 7 heteroatoms. The molecule has 2 unspecified atom stereocenters. The second kappa shape index (κ2) is 4.76. The number of carboxylic acid groups (broad SMARTS) is 1. The molecular formula is C8H7Cl2NO4. The third-order valence-corrected chi connectivity index (χ3v) is 2.34. The van der Waals surface area contributed by atoms with Crippen LogP contribution in [-0.2, 0) is 4.79 Å². The molecule has 0 radical (unpaired) electrons. The summed E-state index contributed by atoms with van der Waals surface area (Å²) in [6.45, 7) is 0. The Balaban J connectivity index is 3.10. The Morgan fingerprint density at radius 3 is 2.13 bits per heavy atom. The van der Waals surface area contributed by atoms with Crippen LogP contribution in [-0.4, -0.2) is 32.4 Å². The first-order valence-corrected chi connectivity index (χ1v) is 4.58. The van der Waals surface area contributed by atoms with Crippen LogP contribution in [0, 0.1) is 0 Å². The molecule has 5 nitrogen and oxygen atoms in total. The number of aliphatic carboxylic acids is 1. The van der Waals surface area contributed by atoms with E-state index in [1.807, 2.05) is 0 Å². The Labute approximate surface area is 94.9 Å². The van der Waals surface area contributed by atoms with E-state index in [0.717, 1.165) is 0 Å². The van der Waals surface area contributed by atoms with Crippen LogP contribution in [0.15, 0.2) is 12.4 Å². The summed E-state index contributed by atoms with van der Waals surface area (Å²) in [4.78, 5) is 14.1. The number of carboxylic acids is 1. The molecule has 3 N–H and O–H groups in total. The molecule has 0 saturated carbocycles. The third kappa shape index (κ3) is 2.57. The highest BCUT2D eigenvalue weighted by atomic mass is 35.5. The van der Waals surface area contributed by atoms with E-state index in [9.17, 15) is 9.90 Å². The van der Waals surface area contributed by atoms with Gasteiger partial charge in [-0.2, -0.15) is 0 Å². The third-order valence-electron chi connectivity index (χ3n) is 1.74. The molecule has 0 fully saturated rings. The molecule has 1 aromatic heterocycles. The fourth-order valence-electron chi connectivity index (χ4n) is 0.997. The first kappa shape index (κ1) is 12.2. The zero-order chi connectivity index (χ0) is 11.6. The molecule has 1 heterocycles. The Morgan fingerprint density at radius 1 is 1.27 bits per heavy atom. The van der Waals surface area contributed by atoms with Gasteiger partial charge in [0.15, 0.2) is 6.10 Å². The zero-order valence-corrected chi connectivity index (χ0v) is 8.77. The number of aliphatic hydroxyl groups excluding tert-OH is 2. The van der Waals surface area contributed by atoms with Gasteiger partial charge < -0.3 is 15.3 Å². The van der Waals surface area contributed by atoms with E-state index < -0.39 is 18.2 Å². The minimum atomic E-state index is -1.98. The van der Waals surface area contributed by atoms with E-state index in [4.69, 9.17) is 33.4 Å². The highest BCUT2D eigenvalue weighted by Crippen LogP contribution is 2.30. The lowest BCUT2D eigenvalue weighted by Crippen LogP contribution is -2.27. The maximum absolute atomic E-state index is 10.4. The summed E-state index contributed by atoms with van der Waals surface area (Å²) in [5, 5.41) is 27.1. The van der Waals surface area contributed by atoms with E-state index in [0.29, 0.717) is 0 Å². The van der Waals surface area contributed by atoms with E-state index in [1.165, 1.54) is 12.4 Å². The molecule has 0 aliphatic rings. The van der Waals surface area contributed by atoms with Crippen molar-refractivity contribution in [2.24, 2.45) is 0 Å². The molecule has 0 aromatic carbocycles. The first-order chi connectivity index (χ1) is 6.95. The summed E-state index contributed by atoms with van der Waals surface area (Å²) < 4.78 is 0. The number of nitrogens with zero attached hydrogens (tertiary/aromatic N) is 1. The van der Waals surface area contributed by atoms with Crippen LogP contribution in [0.1, 0.15) is 11.7 Å². The number of halogens is 2. The number of carbonyl (C=O) groups is 1. The normalized spacial score (nSPS) is 14.7. The molecule has 1 aromatic rings. The zero-order valence-electron chi connectivity index (χ0n) is 7.26. The SMILES string of the molecule is O=C(O)C(O)C(O)c1c(Cl)cncc1Cl. The maximum atomic E-state index is 10.4. The predicted octanol–water partition coefficient (Wildman–Crippen LogP) is 0.867. The molecule has 0 bridgehead atoms. The molecular weight excluding hydrogens is 245 g/mol. The van der Waals surface area contributed by atoms with Gasteiger partial charge in [-0.15, -0.1) is 0 Å². The first-order valence-electron chi connectivity index (χ1n) is 3.83. The highest BCUT2D eigenvalue weighted by molar-refractivity contribution is 6.35. The Bertz CT molecular complexity index is 365. The molecule has 82 valence electrons. The smallest absolute Gasteiger partial charge is 0.335 e. The van der Waals surface area contributed by atoms with Gasteiger partial charge in [0.2, 0.25) is 0 Å². The van der Waals surface area contributed by atoms with E-state index in [2.05, 4.69) is 4.98 Å². The molecule has 2 atom stereocenters. The largest absolute Gasteiger partial charge is 0.479 e. The van der Waals surface area contributed by atoms with Crippen molar-refractivity contribution in [1.29, 1.82) is 0 Å². The summed E-state index contributed by atoms with van der Waals surface area (Å²) in [5.41, 5.74) is -0.0526. The van der Waals surface area contributed by atoms with Crippen LogP contribution < -0.4 is 0 Å². The lowest BCUT2D eigenvalue weighted by Gasteiger charge is -2.16. The molecule has 1 rings (SSSR count). The van der Waals surface area contributed by atoms with Gasteiger partial charge in [0, 0.05) is 18.0 Å². The second-order valence-corrected chi connectivity index (χ2v) is 3.56. The van der Waals surface area contributed by atoms with Crippen LogP contribution in [0.5, 0.6) is 0 Å². The Morgan fingerprint density at radius 2 is 1.73 bits per heavy atom. The fraction of sp³-hybridized carbons (Fsp3) is 0.250. The van der Waals surface area contributed by atoms with Gasteiger partial charge >= 0.3 is 5.97 Å². The number of rotatable bonds is 3. The van der Waals surface area contributed by atoms with Crippen molar-refractivity contribution in [2.45, 2.75) is 12.2 Å². The van der Waals surface area contributed by atoms with Crippen LogP contribution in [0.25, 0.3) is 0 Å². The van der Waals surface area contributed by atoms with Crippen molar-refractivity contribution in [3.63, 3.8) is 0 Å². The Hall–Kier alpha value is -0.880. The fourth-order valence-corrected chi connectivity index (χ4v) is 1.59. The molecule has 0 amide bonds. The predicted molar refractivity (Wildman–Crippen MR) is 52.9 cm³/mol. The maximum Gasteiger partial charge on any atom is 0.335 e. The van der Waals surface area contributed by atoms with Crippen molar-refractivity contribution in [1.82, 2.24) is 4.98 Å². The number of aromatic nitrogens is 1. The van der Waals surface area contributed by atoms with Crippen molar-refractivity contribution in [2.75, 3.05) is 0 Å². The van der Waals surface area contributed by atoms with E-state index in [-0.39, 0.29) is 15.6 Å². The van der Waals surface area contributed by atoms with E-state index >= 15 is 0 Å². The van der Waals surface area contributed by atoms with Gasteiger partial charge in [0.1, 0.15) is 6.10 Å². The quantitative estimate of drug-likeness (QED) is 0.742. The van der Waals surface area contributed by atoms with E-state index in [1.54, 1.807) is 0 Å². The number of hydrogen-bond acceptors (Lipinski definition) is 4. The summed E-state index contributed by atoms with van der Waals surface area (Å²) in [6, 6.07) is 0. The summed E-state index contributed by atoms with van der Waals surface area (Å²) >= 11 is 11.3.